The van der Waals surface area contributed by atoms with Crippen LogP contribution in [0.3, 0.4) is 0 Å². The zero-order valence-corrected chi connectivity index (χ0v) is 19.0. The van der Waals surface area contributed by atoms with E-state index in [0.29, 0.717) is 33.4 Å². The Bertz CT molecular complexity index is 1360. The molecule has 1 aliphatic heterocycles. The Hall–Kier alpha value is -3.97. The van der Waals surface area contributed by atoms with Crippen molar-refractivity contribution in [2.75, 3.05) is 20.2 Å². The molecule has 172 valence electrons. The van der Waals surface area contributed by atoms with Crippen molar-refractivity contribution in [3.63, 3.8) is 0 Å². The molecule has 1 fully saturated rings. The van der Waals surface area contributed by atoms with E-state index in [0.717, 1.165) is 25.3 Å². The predicted octanol–water partition coefficient (Wildman–Crippen LogP) is 4.82. The highest BCUT2D eigenvalue weighted by atomic mass is 16.5. The normalized spacial score (nSPS) is 14.6. The first-order valence-corrected chi connectivity index (χ1v) is 11.4. The maximum Gasteiger partial charge on any atom is 0.337 e. The molecule has 1 saturated heterocycles. The molecule has 2 aromatic heterocycles. The smallest absolute Gasteiger partial charge is 0.337 e. The van der Waals surface area contributed by atoms with Crippen LogP contribution < -0.4 is 0 Å². The van der Waals surface area contributed by atoms with E-state index in [4.69, 9.17) is 9.73 Å². The number of aromatic amines is 1. The number of carbonyl (C=O) groups is 1. The highest BCUT2D eigenvalue weighted by Crippen LogP contribution is 2.32. The number of hydrogen-bond donors (Lipinski definition) is 2. The molecule has 2 aromatic carbocycles. The van der Waals surface area contributed by atoms with Crippen LogP contribution in [0.2, 0.25) is 0 Å². The molecule has 0 spiro atoms. The van der Waals surface area contributed by atoms with Crippen molar-refractivity contribution in [2.24, 2.45) is 4.99 Å². The van der Waals surface area contributed by atoms with Crippen molar-refractivity contribution in [1.29, 1.82) is 0 Å². The number of likely N-dealkylation sites (tertiary alicyclic amines) is 1. The maximum absolute atomic E-state index is 12.1. The second-order valence-corrected chi connectivity index (χ2v) is 8.43. The lowest BCUT2D eigenvalue weighted by atomic mass is 10.0. The van der Waals surface area contributed by atoms with Gasteiger partial charge in [-0.15, -0.1) is 0 Å². The minimum atomic E-state index is -0.445. The fourth-order valence-electron chi connectivity index (χ4n) is 4.46. The Morgan fingerprint density at radius 1 is 1.12 bits per heavy atom. The molecule has 4 aromatic rings. The first-order chi connectivity index (χ1) is 16.6. The number of rotatable bonds is 6. The average Bonchev–Trinajstić information content (AvgIpc) is 3.49. The van der Waals surface area contributed by atoms with E-state index in [1.807, 2.05) is 30.3 Å². The monoisotopic (exact) mass is 454 g/mol. The summed E-state index contributed by atoms with van der Waals surface area (Å²) in [6, 6.07) is 18.8. The summed E-state index contributed by atoms with van der Waals surface area (Å²) in [5.74, 6) is -0.478. The largest absolute Gasteiger partial charge is 0.494 e. The molecular weight excluding hydrogens is 428 g/mol. The number of nitrogens with one attached hydrogen (secondary N) is 1. The number of hydrogen-bond acceptors (Lipinski definition) is 6. The van der Waals surface area contributed by atoms with Crippen molar-refractivity contribution in [3.05, 3.63) is 89.2 Å². The van der Waals surface area contributed by atoms with Crippen molar-refractivity contribution in [2.45, 2.75) is 19.4 Å². The third-order valence-electron chi connectivity index (χ3n) is 6.10. The van der Waals surface area contributed by atoms with E-state index in [-0.39, 0.29) is 5.88 Å². The number of fused-ring (bicyclic) bond motifs is 1. The number of methoxy groups -OCH3 is 1. The summed E-state index contributed by atoms with van der Waals surface area (Å²) in [6.07, 6.45) is 4.19. The first-order valence-electron chi connectivity index (χ1n) is 11.4. The summed E-state index contributed by atoms with van der Waals surface area (Å²) < 4.78 is 4.88. The number of aromatic nitrogens is 2. The number of aliphatic imine (C=N–C) groups is 1. The first kappa shape index (κ1) is 21.9. The van der Waals surface area contributed by atoms with Gasteiger partial charge < -0.3 is 14.8 Å². The zero-order valence-electron chi connectivity index (χ0n) is 19.0. The quantitative estimate of drug-likeness (QED) is 0.322. The number of H-pyrrole nitrogens is 1. The topological polar surface area (TPSA) is 90.8 Å². The van der Waals surface area contributed by atoms with Gasteiger partial charge in [0.15, 0.2) is 5.88 Å². The van der Waals surface area contributed by atoms with Crippen LogP contribution in [0, 0.1) is 0 Å². The van der Waals surface area contributed by atoms with E-state index in [1.165, 1.54) is 25.5 Å². The molecule has 7 heteroatoms. The number of carbonyl (C=O) groups excluding carboxylic acids is 1. The summed E-state index contributed by atoms with van der Waals surface area (Å²) in [4.78, 5) is 27.0. The third-order valence-corrected chi connectivity index (χ3v) is 6.10. The van der Waals surface area contributed by atoms with Gasteiger partial charge in [-0.1, -0.05) is 18.2 Å². The molecular formula is C27H26N4O3. The van der Waals surface area contributed by atoms with Crippen LogP contribution in [-0.2, 0) is 11.3 Å². The minimum absolute atomic E-state index is 0.0327. The van der Waals surface area contributed by atoms with E-state index in [2.05, 4.69) is 27.0 Å². The van der Waals surface area contributed by atoms with Gasteiger partial charge in [0.2, 0.25) is 0 Å². The summed E-state index contributed by atoms with van der Waals surface area (Å²) in [5, 5.41) is 11.6. The van der Waals surface area contributed by atoms with Crippen LogP contribution >= 0.6 is 0 Å². The van der Waals surface area contributed by atoms with Gasteiger partial charge in [-0.05, 0) is 74.0 Å². The van der Waals surface area contributed by atoms with Crippen molar-refractivity contribution in [3.8, 4) is 5.88 Å². The van der Waals surface area contributed by atoms with Crippen LogP contribution in [0.25, 0.3) is 10.9 Å². The molecule has 0 bridgehead atoms. The van der Waals surface area contributed by atoms with Crippen molar-refractivity contribution < 1.29 is 14.6 Å². The lowest BCUT2D eigenvalue weighted by Crippen LogP contribution is -2.18. The van der Waals surface area contributed by atoms with E-state index in [1.54, 1.807) is 24.4 Å². The van der Waals surface area contributed by atoms with E-state index >= 15 is 0 Å². The average molecular weight is 455 g/mol. The lowest BCUT2D eigenvalue weighted by molar-refractivity contribution is 0.0601. The molecule has 2 N–H and O–H groups in total. The van der Waals surface area contributed by atoms with Gasteiger partial charge in [-0.25, -0.2) is 9.79 Å². The SMILES string of the molecule is COC(=O)c1ccc2[nH]c(O)c(C(=Nc3cccc(CN4CCCC4)c3)c3ccccn3)c2c1. The number of nitrogens with zero attached hydrogens (tertiary/aromatic N) is 3. The minimum Gasteiger partial charge on any atom is -0.494 e. The maximum atomic E-state index is 12.1. The van der Waals surface area contributed by atoms with Gasteiger partial charge in [-0.3, -0.25) is 9.88 Å². The number of benzene rings is 2. The van der Waals surface area contributed by atoms with Crippen LogP contribution in [-0.4, -0.2) is 51.9 Å². The number of esters is 1. The Balaban J connectivity index is 1.63. The number of ether oxygens (including phenoxy) is 1. The third kappa shape index (κ3) is 4.43. The van der Waals surface area contributed by atoms with Gasteiger partial charge >= 0.3 is 5.97 Å². The molecule has 0 aliphatic carbocycles. The van der Waals surface area contributed by atoms with Crippen LogP contribution in [0.4, 0.5) is 5.69 Å². The van der Waals surface area contributed by atoms with Crippen LogP contribution in [0.5, 0.6) is 5.88 Å². The fourth-order valence-corrected chi connectivity index (χ4v) is 4.46. The van der Waals surface area contributed by atoms with Gasteiger partial charge in [0.1, 0.15) is 5.71 Å². The van der Waals surface area contributed by atoms with Gasteiger partial charge in [-0.2, -0.15) is 0 Å². The van der Waals surface area contributed by atoms with Gasteiger partial charge in [0.25, 0.3) is 0 Å². The van der Waals surface area contributed by atoms with Crippen molar-refractivity contribution in [1.82, 2.24) is 14.9 Å². The van der Waals surface area contributed by atoms with Crippen LogP contribution in [0.1, 0.15) is 40.0 Å². The number of aromatic hydroxyl groups is 1. The molecule has 0 amide bonds. The molecule has 0 saturated carbocycles. The Morgan fingerprint density at radius 3 is 2.74 bits per heavy atom. The van der Waals surface area contributed by atoms with E-state index < -0.39 is 5.97 Å². The second kappa shape index (κ2) is 9.49. The highest BCUT2D eigenvalue weighted by Gasteiger charge is 2.21. The summed E-state index contributed by atoms with van der Waals surface area (Å²) in [6.45, 7) is 3.14. The lowest BCUT2D eigenvalue weighted by Gasteiger charge is -2.14. The molecule has 34 heavy (non-hydrogen) atoms. The molecule has 7 nitrogen and oxygen atoms in total. The second-order valence-electron chi connectivity index (χ2n) is 8.43. The van der Waals surface area contributed by atoms with Gasteiger partial charge in [0, 0.05) is 23.6 Å². The molecule has 0 unspecified atom stereocenters. The zero-order chi connectivity index (χ0) is 23.5. The molecule has 1 aliphatic rings. The highest BCUT2D eigenvalue weighted by molar-refractivity contribution is 6.21. The Kier molecular flexibility index (Phi) is 6.10. The summed E-state index contributed by atoms with van der Waals surface area (Å²) in [5.41, 5.74) is 4.67. The van der Waals surface area contributed by atoms with Crippen molar-refractivity contribution >= 4 is 28.3 Å². The molecule has 5 rings (SSSR count). The summed E-state index contributed by atoms with van der Waals surface area (Å²) >= 11 is 0. The van der Waals surface area contributed by atoms with Crippen LogP contribution in [0.15, 0.2) is 71.9 Å². The fraction of sp³-hybridized carbons (Fsp3) is 0.222. The predicted molar refractivity (Wildman–Crippen MR) is 132 cm³/mol. The Morgan fingerprint density at radius 2 is 1.97 bits per heavy atom. The molecule has 0 atom stereocenters. The Labute approximate surface area is 197 Å². The molecule has 0 radical (unpaired) electrons. The van der Waals surface area contributed by atoms with Gasteiger partial charge in [0.05, 0.1) is 29.6 Å². The number of pyridine rings is 1. The summed E-state index contributed by atoms with van der Waals surface area (Å²) in [7, 11) is 1.35. The standard InChI is InChI=1S/C27H26N4O3/c1-34-27(33)19-10-11-22-21(16-19)24(26(32)30-22)25(23-9-2-3-12-28-23)29-20-8-6-7-18(15-20)17-31-13-4-5-14-31/h2-3,6-12,15-16,30,32H,4-5,13-14,17H2,1H3. The molecule has 3 heterocycles. The van der Waals surface area contributed by atoms with E-state index in [9.17, 15) is 9.90 Å².